The van der Waals surface area contributed by atoms with Gasteiger partial charge in [0.05, 0.1) is 10.6 Å². The Balaban J connectivity index is 2.33. The van der Waals surface area contributed by atoms with E-state index < -0.39 is 4.92 Å². The van der Waals surface area contributed by atoms with Gasteiger partial charge < -0.3 is 5.32 Å². The van der Waals surface area contributed by atoms with Crippen LogP contribution < -0.4 is 5.32 Å². The number of benzene rings is 1. The Morgan fingerprint density at radius 3 is 2.75 bits per heavy atom. The van der Waals surface area contributed by atoms with Gasteiger partial charge in [0.15, 0.2) is 0 Å². The van der Waals surface area contributed by atoms with Crippen LogP contribution in [0, 0.1) is 17.0 Å². The predicted molar refractivity (Wildman–Crippen MR) is 77.6 cm³/mol. The van der Waals surface area contributed by atoms with Gasteiger partial charge in [0, 0.05) is 24.2 Å². The number of aromatic nitrogens is 2. The van der Waals surface area contributed by atoms with Crippen molar-refractivity contribution < 1.29 is 4.92 Å². The second-order valence-electron chi connectivity index (χ2n) is 4.50. The largest absolute Gasteiger partial charge is 0.369 e. The fourth-order valence-electron chi connectivity index (χ4n) is 1.88. The lowest BCUT2D eigenvalue weighted by molar-refractivity contribution is -0.384. The van der Waals surface area contributed by atoms with Gasteiger partial charge in [-0.25, -0.2) is 0 Å². The Hall–Kier alpha value is -2.50. The summed E-state index contributed by atoms with van der Waals surface area (Å²) in [5, 5.41) is 22.2. The molecule has 1 aromatic heterocycles. The fourth-order valence-corrected chi connectivity index (χ4v) is 1.88. The third-order valence-corrected chi connectivity index (χ3v) is 2.87. The van der Waals surface area contributed by atoms with Gasteiger partial charge in [-0.05, 0) is 25.0 Å². The number of hydrogen-bond donors (Lipinski definition) is 1. The molecule has 0 saturated heterocycles. The minimum Gasteiger partial charge on any atom is -0.369 e. The summed E-state index contributed by atoms with van der Waals surface area (Å²) in [4.78, 5) is 10.4. The van der Waals surface area contributed by atoms with Gasteiger partial charge in [0.25, 0.3) is 5.69 Å². The Labute approximate surface area is 117 Å². The highest BCUT2D eigenvalue weighted by atomic mass is 16.6. The molecule has 0 radical (unpaired) electrons. The smallest absolute Gasteiger partial charge is 0.270 e. The van der Waals surface area contributed by atoms with E-state index in [4.69, 9.17) is 0 Å². The molecule has 2 rings (SSSR count). The maximum absolute atomic E-state index is 10.8. The summed E-state index contributed by atoms with van der Waals surface area (Å²) >= 11 is 0. The van der Waals surface area contributed by atoms with Gasteiger partial charge in [-0.15, -0.1) is 10.2 Å². The summed E-state index contributed by atoms with van der Waals surface area (Å²) < 4.78 is 0. The average Bonchev–Trinajstić information content (AvgIpc) is 2.45. The number of nitro benzene ring substituents is 1. The van der Waals surface area contributed by atoms with Gasteiger partial charge in [-0.1, -0.05) is 19.1 Å². The van der Waals surface area contributed by atoms with E-state index in [0.29, 0.717) is 11.3 Å². The quantitative estimate of drug-likeness (QED) is 0.667. The van der Waals surface area contributed by atoms with E-state index in [0.717, 1.165) is 24.3 Å². The molecule has 0 aliphatic rings. The van der Waals surface area contributed by atoms with Gasteiger partial charge in [0.1, 0.15) is 5.82 Å². The summed E-state index contributed by atoms with van der Waals surface area (Å²) in [6, 6.07) is 8.32. The highest BCUT2D eigenvalue weighted by Gasteiger charge is 2.11. The standard InChI is InChI=1S/C14H16N4O2/c1-3-7-15-13-8-10(2)14(17-16-13)11-5-4-6-12(9-11)18(19)20/h4-6,8-9H,3,7H2,1-2H3,(H,15,16). The maximum atomic E-state index is 10.8. The van der Waals surface area contributed by atoms with Gasteiger partial charge in [-0.2, -0.15) is 0 Å². The molecule has 0 aliphatic carbocycles. The highest BCUT2D eigenvalue weighted by molar-refractivity contribution is 5.66. The average molecular weight is 272 g/mol. The number of non-ortho nitro benzene ring substituents is 1. The van der Waals surface area contributed by atoms with E-state index in [1.54, 1.807) is 12.1 Å². The zero-order valence-electron chi connectivity index (χ0n) is 11.5. The van der Waals surface area contributed by atoms with Gasteiger partial charge >= 0.3 is 0 Å². The molecule has 104 valence electrons. The highest BCUT2D eigenvalue weighted by Crippen LogP contribution is 2.25. The van der Waals surface area contributed by atoms with E-state index in [9.17, 15) is 10.1 Å². The van der Waals surface area contributed by atoms with Crippen LogP contribution in [0.4, 0.5) is 11.5 Å². The molecule has 0 spiro atoms. The van der Waals surface area contributed by atoms with Crippen molar-refractivity contribution in [2.45, 2.75) is 20.3 Å². The molecule has 0 fully saturated rings. The van der Waals surface area contributed by atoms with Crippen molar-refractivity contribution in [2.24, 2.45) is 0 Å². The van der Waals surface area contributed by atoms with E-state index in [1.807, 2.05) is 13.0 Å². The molecule has 20 heavy (non-hydrogen) atoms. The van der Waals surface area contributed by atoms with Crippen LogP contribution in [0.25, 0.3) is 11.3 Å². The first-order valence-electron chi connectivity index (χ1n) is 6.45. The lowest BCUT2D eigenvalue weighted by atomic mass is 10.1. The molecule has 6 heteroatoms. The Bertz CT molecular complexity index is 628. The molecular formula is C14H16N4O2. The summed E-state index contributed by atoms with van der Waals surface area (Å²) in [6.45, 7) is 4.83. The molecule has 1 aromatic carbocycles. The van der Waals surface area contributed by atoms with Crippen LogP contribution in [-0.2, 0) is 0 Å². The van der Waals surface area contributed by atoms with Crippen LogP contribution in [0.5, 0.6) is 0 Å². The zero-order chi connectivity index (χ0) is 14.5. The monoisotopic (exact) mass is 272 g/mol. The Morgan fingerprint density at radius 2 is 2.10 bits per heavy atom. The van der Waals surface area contributed by atoms with Crippen molar-refractivity contribution in [1.82, 2.24) is 10.2 Å². The molecule has 1 N–H and O–H groups in total. The zero-order valence-corrected chi connectivity index (χ0v) is 11.5. The van der Waals surface area contributed by atoms with Crippen LogP contribution in [-0.4, -0.2) is 21.7 Å². The number of hydrogen-bond acceptors (Lipinski definition) is 5. The van der Waals surface area contributed by atoms with E-state index in [2.05, 4.69) is 22.4 Å². The van der Waals surface area contributed by atoms with Crippen molar-refractivity contribution in [1.29, 1.82) is 0 Å². The van der Waals surface area contributed by atoms with E-state index in [-0.39, 0.29) is 5.69 Å². The third-order valence-electron chi connectivity index (χ3n) is 2.87. The topological polar surface area (TPSA) is 81.0 Å². The molecule has 1 heterocycles. The SMILES string of the molecule is CCCNc1cc(C)c(-c2cccc([N+](=O)[O-])c2)nn1. The molecule has 0 atom stereocenters. The summed E-state index contributed by atoms with van der Waals surface area (Å²) in [6.07, 6.45) is 1.01. The Kier molecular flexibility index (Phi) is 4.24. The van der Waals surface area contributed by atoms with Crippen LogP contribution in [0.1, 0.15) is 18.9 Å². The lowest BCUT2D eigenvalue weighted by Crippen LogP contribution is -2.04. The van der Waals surface area contributed by atoms with Gasteiger partial charge in [-0.3, -0.25) is 10.1 Å². The summed E-state index contributed by atoms with van der Waals surface area (Å²) in [7, 11) is 0. The number of rotatable bonds is 5. The molecule has 2 aromatic rings. The first kappa shape index (κ1) is 13.9. The number of nitrogens with zero attached hydrogens (tertiary/aromatic N) is 3. The van der Waals surface area contributed by atoms with Crippen molar-refractivity contribution >= 4 is 11.5 Å². The first-order valence-corrected chi connectivity index (χ1v) is 6.45. The van der Waals surface area contributed by atoms with Crippen molar-refractivity contribution in [2.75, 3.05) is 11.9 Å². The van der Waals surface area contributed by atoms with Gasteiger partial charge in [0.2, 0.25) is 0 Å². The van der Waals surface area contributed by atoms with Crippen LogP contribution >= 0.6 is 0 Å². The van der Waals surface area contributed by atoms with Crippen molar-refractivity contribution in [3.63, 3.8) is 0 Å². The molecule has 0 aliphatic heterocycles. The predicted octanol–water partition coefficient (Wildman–Crippen LogP) is 3.18. The molecular weight excluding hydrogens is 256 g/mol. The van der Waals surface area contributed by atoms with Crippen LogP contribution in [0.2, 0.25) is 0 Å². The summed E-state index contributed by atoms with van der Waals surface area (Å²) in [5.41, 5.74) is 2.35. The summed E-state index contributed by atoms with van der Waals surface area (Å²) in [5.74, 6) is 0.721. The van der Waals surface area contributed by atoms with E-state index in [1.165, 1.54) is 12.1 Å². The maximum Gasteiger partial charge on any atom is 0.270 e. The molecule has 0 unspecified atom stereocenters. The van der Waals surface area contributed by atoms with Crippen molar-refractivity contribution in [3.8, 4) is 11.3 Å². The first-order chi connectivity index (χ1) is 9.61. The van der Waals surface area contributed by atoms with Crippen LogP contribution in [0.3, 0.4) is 0 Å². The third kappa shape index (κ3) is 3.09. The minimum atomic E-state index is -0.413. The normalized spacial score (nSPS) is 10.3. The second-order valence-corrected chi connectivity index (χ2v) is 4.50. The molecule has 0 saturated carbocycles. The lowest BCUT2D eigenvalue weighted by Gasteiger charge is -2.07. The van der Waals surface area contributed by atoms with Crippen molar-refractivity contribution in [3.05, 3.63) is 46.0 Å². The fraction of sp³-hybridized carbons (Fsp3) is 0.286. The number of aryl methyl sites for hydroxylation is 1. The minimum absolute atomic E-state index is 0.0527. The Morgan fingerprint density at radius 1 is 1.30 bits per heavy atom. The second kappa shape index (κ2) is 6.10. The van der Waals surface area contributed by atoms with Crippen LogP contribution in [0.15, 0.2) is 30.3 Å². The number of nitro groups is 1. The molecule has 0 bridgehead atoms. The molecule has 6 nitrogen and oxygen atoms in total. The molecule has 0 amide bonds. The van der Waals surface area contributed by atoms with E-state index >= 15 is 0 Å². The number of anilines is 1. The number of nitrogens with one attached hydrogen (secondary N) is 1.